The monoisotopic (exact) mass is 194 g/mol. The van der Waals surface area contributed by atoms with Crippen molar-refractivity contribution in [2.45, 2.75) is 0 Å². The molecule has 0 aliphatic rings. The molecule has 2 nitrogen and oxygen atoms in total. The van der Waals surface area contributed by atoms with Crippen LogP contribution in [0.1, 0.15) is 0 Å². The third kappa shape index (κ3) is 1.22. The standard InChI is InChI=1S/C13H8NO/c15-12-7-3-5-10-8-9-4-1-2-6-11(9)14-13(10)12/h1-7,15H. The molecule has 0 saturated heterocycles. The Morgan fingerprint density at radius 3 is 2.67 bits per heavy atom. The first kappa shape index (κ1) is 8.24. The highest BCUT2D eigenvalue weighted by atomic mass is 16.3. The van der Waals surface area contributed by atoms with Crippen molar-refractivity contribution < 1.29 is 5.11 Å². The Balaban J connectivity index is 2.53. The van der Waals surface area contributed by atoms with Gasteiger partial charge in [0.25, 0.3) is 0 Å². The molecule has 2 aromatic carbocycles. The highest BCUT2D eigenvalue weighted by molar-refractivity contribution is 5.94. The molecule has 3 rings (SSSR count). The van der Waals surface area contributed by atoms with Crippen molar-refractivity contribution in [1.82, 2.24) is 4.98 Å². The van der Waals surface area contributed by atoms with Gasteiger partial charge in [-0.1, -0.05) is 30.3 Å². The van der Waals surface area contributed by atoms with Crippen LogP contribution >= 0.6 is 0 Å². The second kappa shape index (κ2) is 2.95. The number of pyridine rings is 1. The van der Waals surface area contributed by atoms with Crippen LogP contribution in [-0.4, -0.2) is 10.1 Å². The van der Waals surface area contributed by atoms with Gasteiger partial charge in [-0.25, -0.2) is 4.98 Å². The molecule has 0 saturated carbocycles. The lowest BCUT2D eigenvalue weighted by molar-refractivity contribution is 0.480. The summed E-state index contributed by atoms with van der Waals surface area (Å²) < 4.78 is 0. The molecular weight excluding hydrogens is 186 g/mol. The quantitative estimate of drug-likeness (QED) is 0.558. The van der Waals surface area contributed by atoms with E-state index in [4.69, 9.17) is 0 Å². The fourth-order valence-corrected chi connectivity index (χ4v) is 1.69. The van der Waals surface area contributed by atoms with E-state index in [-0.39, 0.29) is 5.75 Å². The van der Waals surface area contributed by atoms with Crippen LogP contribution in [0.4, 0.5) is 0 Å². The molecule has 0 spiro atoms. The summed E-state index contributed by atoms with van der Waals surface area (Å²) in [7, 11) is 0. The number of nitrogens with zero attached hydrogens (tertiary/aromatic N) is 1. The van der Waals surface area contributed by atoms with E-state index in [0.717, 1.165) is 16.3 Å². The number of aromatic hydroxyl groups is 1. The second-order valence-corrected chi connectivity index (χ2v) is 3.43. The maximum Gasteiger partial charge on any atom is 0.141 e. The lowest BCUT2D eigenvalue weighted by Crippen LogP contribution is -1.82. The molecule has 0 unspecified atom stereocenters. The fraction of sp³-hybridized carbons (Fsp3) is 0. The van der Waals surface area contributed by atoms with E-state index >= 15 is 0 Å². The van der Waals surface area contributed by atoms with Crippen molar-refractivity contribution in [3.05, 3.63) is 48.5 Å². The molecule has 1 N–H and O–H groups in total. The lowest BCUT2D eigenvalue weighted by Gasteiger charge is -2.01. The van der Waals surface area contributed by atoms with Gasteiger partial charge in [0.05, 0.1) is 5.52 Å². The predicted molar refractivity (Wildman–Crippen MR) is 59.7 cm³/mol. The number of fused-ring (bicyclic) bond motifs is 2. The third-order valence-corrected chi connectivity index (χ3v) is 2.42. The van der Waals surface area contributed by atoms with Crippen LogP contribution in [0.5, 0.6) is 5.75 Å². The zero-order valence-corrected chi connectivity index (χ0v) is 7.94. The maximum atomic E-state index is 9.65. The van der Waals surface area contributed by atoms with Gasteiger partial charge in [0.1, 0.15) is 11.3 Å². The third-order valence-electron chi connectivity index (χ3n) is 2.42. The number of benzene rings is 2. The summed E-state index contributed by atoms with van der Waals surface area (Å²) in [6, 6.07) is 16.3. The van der Waals surface area contributed by atoms with Gasteiger partial charge in [0.15, 0.2) is 0 Å². The molecular formula is C13H8NO. The second-order valence-electron chi connectivity index (χ2n) is 3.43. The summed E-state index contributed by atoms with van der Waals surface area (Å²) in [5, 5.41) is 11.5. The van der Waals surface area contributed by atoms with E-state index in [2.05, 4.69) is 11.1 Å². The molecule has 1 heterocycles. The molecule has 0 fully saturated rings. The largest absolute Gasteiger partial charge is 0.506 e. The van der Waals surface area contributed by atoms with Gasteiger partial charge >= 0.3 is 0 Å². The Hall–Kier alpha value is -2.09. The Morgan fingerprint density at radius 1 is 0.933 bits per heavy atom. The molecule has 1 aromatic heterocycles. The highest BCUT2D eigenvalue weighted by Crippen LogP contribution is 2.25. The first-order valence-electron chi connectivity index (χ1n) is 4.74. The Morgan fingerprint density at radius 2 is 1.73 bits per heavy atom. The minimum atomic E-state index is 0.203. The Kier molecular flexibility index (Phi) is 1.62. The SMILES string of the molecule is Oc1cccc2[c]c3ccccc3nc12. The number of phenols is 1. The zero-order valence-electron chi connectivity index (χ0n) is 7.94. The molecule has 0 atom stereocenters. The van der Waals surface area contributed by atoms with E-state index in [1.165, 1.54) is 0 Å². The minimum absolute atomic E-state index is 0.203. The molecule has 0 bridgehead atoms. The number of hydrogen-bond donors (Lipinski definition) is 1. The molecule has 0 aliphatic carbocycles. The summed E-state index contributed by atoms with van der Waals surface area (Å²) in [5.74, 6) is 0.203. The number of para-hydroxylation sites is 2. The number of hydrogen-bond acceptors (Lipinski definition) is 2. The summed E-state index contributed by atoms with van der Waals surface area (Å²) in [5.41, 5.74) is 1.46. The molecule has 0 aliphatic heterocycles. The van der Waals surface area contributed by atoms with Crippen LogP contribution in [0.15, 0.2) is 42.5 Å². The van der Waals surface area contributed by atoms with Crippen LogP contribution in [0.2, 0.25) is 0 Å². The van der Waals surface area contributed by atoms with Gasteiger partial charge < -0.3 is 5.11 Å². The van der Waals surface area contributed by atoms with Crippen molar-refractivity contribution in [2.75, 3.05) is 0 Å². The smallest absolute Gasteiger partial charge is 0.141 e. The maximum absolute atomic E-state index is 9.65. The number of phenolic OH excluding ortho intramolecular Hbond substituents is 1. The van der Waals surface area contributed by atoms with Crippen LogP contribution in [-0.2, 0) is 0 Å². The van der Waals surface area contributed by atoms with E-state index in [0.29, 0.717) is 5.52 Å². The summed E-state index contributed by atoms with van der Waals surface area (Å²) in [6.07, 6.45) is 0. The van der Waals surface area contributed by atoms with Crippen molar-refractivity contribution >= 4 is 21.8 Å². The highest BCUT2D eigenvalue weighted by Gasteiger charge is 2.02. The molecule has 1 radical (unpaired) electrons. The average molecular weight is 194 g/mol. The van der Waals surface area contributed by atoms with Gasteiger partial charge in [0, 0.05) is 16.8 Å². The van der Waals surface area contributed by atoms with E-state index in [9.17, 15) is 5.11 Å². The Labute approximate surface area is 86.8 Å². The molecule has 0 amide bonds. The topological polar surface area (TPSA) is 33.1 Å². The van der Waals surface area contributed by atoms with Gasteiger partial charge in [-0.2, -0.15) is 0 Å². The van der Waals surface area contributed by atoms with Crippen molar-refractivity contribution in [1.29, 1.82) is 0 Å². The predicted octanol–water partition coefficient (Wildman–Crippen LogP) is 2.89. The fourth-order valence-electron chi connectivity index (χ4n) is 1.69. The van der Waals surface area contributed by atoms with Gasteiger partial charge in [-0.3, -0.25) is 0 Å². The minimum Gasteiger partial charge on any atom is -0.506 e. The van der Waals surface area contributed by atoms with Crippen molar-refractivity contribution in [2.24, 2.45) is 0 Å². The zero-order chi connectivity index (χ0) is 10.3. The lowest BCUT2D eigenvalue weighted by atomic mass is 10.1. The normalized spacial score (nSPS) is 10.9. The van der Waals surface area contributed by atoms with Crippen LogP contribution in [0.25, 0.3) is 21.8 Å². The molecule has 2 heteroatoms. The summed E-state index contributed by atoms with van der Waals surface area (Å²) in [4.78, 5) is 4.40. The van der Waals surface area contributed by atoms with E-state index in [1.54, 1.807) is 12.1 Å². The van der Waals surface area contributed by atoms with Crippen molar-refractivity contribution in [3.63, 3.8) is 0 Å². The number of rotatable bonds is 0. The summed E-state index contributed by atoms with van der Waals surface area (Å²) in [6.45, 7) is 0. The molecule has 3 aromatic rings. The van der Waals surface area contributed by atoms with Gasteiger partial charge in [-0.05, 0) is 12.1 Å². The van der Waals surface area contributed by atoms with Gasteiger partial charge in [0.2, 0.25) is 0 Å². The van der Waals surface area contributed by atoms with E-state index < -0.39 is 0 Å². The average Bonchev–Trinajstić information content (AvgIpc) is 2.27. The molecule has 71 valence electrons. The van der Waals surface area contributed by atoms with Gasteiger partial charge in [-0.15, -0.1) is 0 Å². The Bertz CT molecular complexity index is 646. The first-order chi connectivity index (χ1) is 7.34. The van der Waals surface area contributed by atoms with Crippen LogP contribution in [0.3, 0.4) is 0 Å². The molecule has 15 heavy (non-hydrogen) atoms. The van der Waals surface area contributed by atoms with Crippen molar-refractivity contribution in [3.8, 4) is 5.75 Å². The summed E-state index contributed by atoms with van der Waals surface area (Å²) >= 11 is 0. The van der Waals surface area contributed by atoms with E-state index in [1.807, 2.05) is 30.3 Å². The van der Waals surface area contributed by atoms with Crippen LogP contribution in [0, 0.1) is 6.07 Å². The first-order valence-corrected chi connectivity index (χ1v) is 4.74. The van der Waals surface area contributed by atoms with Crippen LogP contribution < -0.4 is 0 Å². The number of aromatic nitrogens is 1.